The molecule has 0 aliphatic carbocycles. The van der Waals surface area contributed by atoms with Crippen LogP contribution in [0.2, 0.25) is 0 Å². The summed E-state index contributed by atoms with van der Waals surface area (Å²) in [5.41, 5.74) is 3.41. The molecule has 0 fully saturated rings. The molecule has 2 aromatic rings. The van der Waals surface area contributed by atoms with E-state index in [2.05, 4.69) is 50.2 Å². The fourth-order valence-electron chi connectivity index (χ4n) is 4.60. The number of aliphatic hydroxyl groups excluding tert-OH is 1. The topological polar surface area (TPSA) is 29.5 Å². The van der Waals surface area contributed by atoms with Gasteiger partial charge in [-0.3, -0.25) is 0 Å². The molecular formula is C33H50O2. The molecule has 0 aliphatic heterocycles. The average Bonchev–Trinajstić information content (AvgIpc) is 2.88. The SMILES string of the molecule is C/C=C(\O)c1cc(CCCCCCCCC)ccc1Oc1ccc(CCCCCCCCC)cc1. The summed E-state index contributed by atoms with van der Waals surface area (Å²) < 4.78 is 6.20. The van der Waals surface area contributed by atoms with Crippen molar-refractivity contribution in [3.63, 3.8) is 0 Å². The van der Waals surface area contributed by atoms with E-state index in [-0.39, 0.29) is 5.76 Å². The molecule has 35 heavy (non-hydrogen) atoms. The predicted octanol–water partition coefficient (Wildman–Crippen LogP) is 11.0. The molecule has 0 radical (unpaired) electrons. The zero-order valence-electron chi connectivity index (χ0n) is 22.8. The van der Waals surface area contributed by atoms with E-state index in [0.717, 1.165) is 24.2 Å². The van der Waals surface area contributed by atoms with Gasteiger partial charge in [0.05, 0.1) is 5.56 Å². The Balaban J connectivity index is 1.86. The van der Waals surface area contributed by atoms with E-state index in [4.69, 9.17) is 4.74 Å². The first-order chi connectivity index (χ1) is 17.2. The van der Waals surface area contributed by atoms with E-state index < -0.39 is 0 Å². The Morgan fingerprint density at radius 3 is 1.69 bits per heavy atom. The van der Waals surface area contributed by atoms with Crippen molar-refractivity contribution < 1.29 is 9.84 Å². The van der Waals surface area contributed by atoms with Gasteiger partial charge in [0.2, 0.25) is 0 Å². The van der Waals surface area contributed by atoms with Crippen LogP contribution >= 0.6 is 0 Å². The number of benzene rings is 2. The lowest BCUT2D eigenvalue weighted by Gasteiger charge is -2.13. The molecule has 2 rings (SSSR count). The van der Waals surface area contributed by atoms with Gasteiger partial charge in [-0.15, -0.1) is 0 Å². The highest BCUT2D eigenvalue weighted by Gasteiger charge is 2.10. The summed E-state index contributed by atoms with van der Waals surface area (Å²) >= 11 is 0. The summed E-state index contributed by atoms with van der Waals surface area (Å²) in [5.74, 6) is 1.80. The standard InChI is InChI=1S/C33H50O2/c1-4-7-9-11-13-15-17-19-28-21-24-30(25-22-28)35-33-26-23-29(27-31(33)32(34)6-3)20-18-16-14-12-10-8-5-2/h6,21-27,34H,4-5,7-20H2,1-3H3/b32-6-. The summed E-state index contributed by atoms with van der Waals surface area (Å²) in [6.45, 7) is 6.39. The Morgan fingerprint density at radius 2 is 1.14 bits per heavy atom. The van der Waals surface area contributed by atoms with E-state index in [1.807, 2.05) is 13.0 Å². The molecule has 0 atom stereocenters. The van der Waals surface area contributed by atoms with Crippen molar-refractivity contribution in [1.29, 1.82) is 0 Å². The maximum absolute atomic E-state index is 10.5. The highest BCUT2D eigenvalue weighted by molar-refractivity contribution is 5.65. The van der Waals surface area contributed by atoms with Gasteiger partial charge in [-0.05, 0) is 74.1 Å². The van der Waals surface area contributed by atoms with Crippen LogP contribution in [0, 0.1) is 0 Å². The average molecular weight is 479 g/mol. The van der Waals surface area contributed by atoms with Crippen LogP contribution in [-0.2, 0) is 12.8 Å². The normalized spacial score (nSPS) is 11.7. The van der Waals surface area contributed by atoms with Crippen LogP contribution in [0.3, 0.4) is 0 Å². The first kappa shape index (κ1) is 29.0. The first-order valence-corrected chi connectivity index (χ1v) is 14.4. The Hall–Kier alpha value is -2.22. The maximum Gasteiger partial charge on any atom is 0.138 e. The molecule has 2 nitrogen and oxygen atoms in total. The smallest absolute Gasteiger partial charge is 0.138 e. The molecule has 0 unspecified atom stereocenters. The number of hydrogen-bond donors (Lipinski definition) is 1. The van der Waals surface area contributed by atoms with Crippen LogP contribution in [-0.4, -0.2) is 5.11 Å². The van der Waals surface area contributed by atoms with Gasteiger partial charge in [0.1, 0.15) is 17.3 Å². The van der Waals surface area contributed by atoms with Crippen molar-refractivity contribution in [2.24, 2.45) is 0 Å². The Morgan fingerprint density at radius 1 is 0.657 bits per heavy atom. The van der Waals surface area contributed by atoms with Crippen molar-refractivity contribution in [2.75, 3.05) is 0 Å². The molecule has 0 saturated carbocycles. The molecule has 0 aromatic heterocycles. The van der Waals surface area contributed by atoms with E-state index in [9.17, 15) is 5.11 Å². The van der Waals surface area contributed by atoms with Crippen LogP contribution in [0.15, 0.2) is 48.5 Å². The van der Waals surface area contributed by atoms with Crippen LogP contribution in [0.25, 0.3) is 5.76 Å². The van der Waals surface area contributed by atoms with Gasteiger partial charge in [-0.25, -0.2) is 0 Å². The monoisotopic (exact) mass is 478 g/mol. The van der Waals surface area contributed by atoms with E-state index in [0.29, 0.717) is 5.75 Å². The zero-order valence-corrected chi connectivity index (χ0v) is 22.8. The number of hydrogen-bond acceptors (Lipinski definition) is 2. The van der Waals surface area contributed by atoms with Crippen LogP contribution in [0.5, 0.6) is 11.5 Å². The van der Waals surface area contributed by atoms with Crippen LogP contribution in [0.4, 0.5) is 0 Å². The third-order valence-electron chi connectivity index (χ3n) is 6.88. The Bertz CT molecular complexity index is 835. The maximum atomic E-state index is 10.5. The predicted molar refractivity (Wildman–Crippen MR) is 153 cm³/mol. The third kappa shape index (κ3) is 11.8. The lowest BCUT2D eigenvalue weighted by Crippen LogP contribution is -1.95. The molecule has 0 spiro atoms. The number of unbranched alkanes of at least 4 members (excludes halogenated alkanes) is 12. The molecule has 194 valence electrons. The molecular weight excluding hydrogens is 428 g/mol. The largest absolute Gasteiger partial charge is 0.508 e. The summed E-state index contributed by atoms with van der Waals surface area (Å²) in [5, 5.41) is 10.5. The molecule has 0 heterocycles. The van der Waals surface area contributed by atoms with Crippen LogP contribution < -0.4 is 4.74 Å². The summed E-state index contributed by atoms with van der Waals surface area (Å²) in [7, 11) is 0. The summed E-state index contributed by atoms with van der Waals surface area (Å²) in [6, 6.07) is 14.7. The molecule has 2 aromatic carbocycles. The molecule has 0 bridgehead atoms. The van der Waals surface area contributed by atoms with Gasteiger partial charge >= 0.3 is 0 Å². The molecule has 0 amide bonds. The minimum Gasteiger partial charge on any atom is -0.508 e. The van der Waals surface area contributed by atoms with Gasteiger partial charge in [-0.1, -0.05) is 109 Å². The fraction of sp³-hybridized carbons (Fsp3) is 0.576. The second-order valence-electron chi connectivity index (χ2n) is 9.99. The van der Waals surface area contributed by atoms with Gasteiger partial charge < -0.3 is 9.84 Å². The Labute approximate surface area is 215 Å². The zero-order chi connectivity index (χ0) is 25.1. The van der Waals surface area contributed by atoms with Gasteiger partial charge in [0.15, 0.2) is 0 Å². The van der Waals surface area contributed by atoms with E-state index in [1.165, 1.54) is 101 Å². The highest BCUT2D eigenvalue weighted by Crippen LogP contribution is 2.31. The number of allylic oxidation sites excluding steroid dienone is 1. The summed E-state index contributed by atoms with van der Waals surface area (Å²) in [4.78, 5) is 0. The van der Waals surface area contributed by atoms with Crippen molar-refractivity contribution in [3.05, 3.63) is 65.2 Å². The fourth-order valence-corrected chi connectivity index (χ4v) is 4.60. The Kier molecular flexibility index (Phi) is 15.0. The molecule has 0 saturated heterocycles. The number of ether oxygens (including phenoxy) is 1. The first-order valence-electron chi connectivity index (χ1n) is 14.4. The molecule has 0 aliphatic rings. The van der Waals surface area contributed by atoms with Crippen molar-refractivity contribution in [3.8, 4) is 11.5 Å². The quantitative estimate of drug-likeness (QED) is 0.161. The van der Waals surface area contributed by atoms with Gasteiger partial charge in [0.25, 0.3) is 0 Å². The number of rotatable bonds is 19. The molecule has 2 heteroatoms. The van der Waals surface area contributed by atoms with Crippen molar-refractivity contribution in [1.82, 2.24) is 0 Å². The minimum absolute atomic E-state index is 0.275. The second-order valence-corrected chi connectivity index (χ2v) is 9.99. The third-order valence-corrected chi connectivity index (χ3v) is 6.88. The lowest BCUT2D eigenvalue weighted by molar-refractivity contribution is 0.466. The van der Waals surface area contributed by atoms with Gasteiger partial charge in [-0.2, -0.15) is 0 Å². The van der Waals surface area contributed by atoms with E-state index >= 15 is 0 Å². The minimum atomic E-state index is 0.275. The summed E-state index contributed by atoms with van der Waals surface area (Å²) in [6.07, 6.45) is 22.5. The van der Waals surface area contributed by atoms with Crippen LogP contribution in [0.1, 0.15) is 127 Å². The van der Waals surface area contributed by atoms with Gasteiger partial charge in [0, 0.05) is 0 Å². The van der Waals surface area contributed by atoms with Crippen molar-refractivity contribution in [2.45, 2.75) is 124 Å². The van der Waals surface area contributed by atoms with E-state index in [1.54, 1.807) is 6.08 Å². The lowest BCUT2D eigenvalue weighted by atomic mass is 10.0. The second kappa shape index (κ2) is 18.1. The molecule has 1 N–H and O–H groups in total. The highest BCUT2D eigenvalue weighted by atomic mass is 16.5. The number of aryl methyl sites for hydroxylation is 2. The van der Waals surface area contributed by atoms with Crippen molar-refractivity contribution >= 4 is 5.76 Å². The number of aliphatic hydroxyl groups is 1.